The normalized spacial score (nSPS) is 11.6. The number of amides is 1. The van der Waals surface area contributed by atoms with Crippen molar-refractivity contribution in [3.8, 4) is 0 Å². The first-order valence-electron chi connectivity index (χ1n) is 8.55. The maximum absolute atomic E-state index is 13.7. The van der Waals surface area contributed by atoms with Crippen LogP contribution in [0.4, 0.5) is 14.5 Å². The topological polar surface area (TPSA) is 79.6 Å². The van der Waals surface area contributed by atoms with Crippen molar-refractivity contribution in [2.24, 2.45) is 0 Å². The Labute approximate surface area is 166 Å². The molecule has 29 heavy (non-hydrogen) atoms. The summed E-state index contributed by atoms with van der Waals surface area (Å²) in [5.74, 6) is -2.34. The number of halogens is 2. The molecule has 0 saturated carbocycles. The fourth-order valence-electron chi connectivity index (χ4n) is 2.55. The van der Waals surface area contributed by atoms with Gasteiger partial charge < -0.3 is 9.73 Å². The molecule has 6 nitrogen and oxygen atoms in total. The van der Waals surface area contributed by atoms with Crippen molar-refractivity contribution in [2.75, 3.05) is 12.4 Å². The minimum absolute atomic E-state index is 0.103. The van der Waals surface area contributed by atoms with E-state index in [1.54, 1.807) is 12.1 Å². The second-order valence-corrected chi connectivity index (χ2v) is 8.46. The van der Waals surface area contributed by atoms with E-state index >= 15 is 0 Å². The molecule has 3 aromatic rings. The highest BCUT2D eigenvalue weighted by atomic mass is 32.2. The molecule has 1 N–H and O–H groups in total. The van der Waals surface area contributed by atoms with Gasteiger partial charge in [0, 0.05) is 13.1 Å². The Balaban J connectivity index is 1.70. The summed E-state index contributed by atoms with van der Waals surface area (Å²) >= 11 is 0. The van der Waals surface area contributed by atoms with Crippen molar-refractivity contribution in [2.45, 2.75) is 18.4 Å². The summed E-state index contributed by atoms with van der Waals surface area (Å²) in [5.41, 5.74) is 0.735. The van der Waals surface area contributed by atoms with E-state index in [1.165, 1.54) is 31.3 Å². The van der Waals surface area contributed by atoms with Gasteiger partial charge in [0.2, 0.25) is 10.0 Å². The molecule has 0 saturated heterocycles. The highest BCUT2D eigenvalue weighted by Gasteiger charge is 2.22. The van der Waals surface area contributed by atoms with Gasteiger partial charge in [0.15, 0.2) is 5.76 Å². The van der Waals surface area contributed by atoms with Crippen LogP contribution in [0.25, 0.3) is 0 Å². The Morgan fingerprint density at radius 1 is 1.07 bits per heavy atom. The molecular weight excluding hydrogens is 402 g/mol. The molecule has 0 fully saturated rings. The second-order valence-electron chi connectivity index (χ2n) is 6.42. The van der Waals surface area contributed by atoms with Gasteiger partial charge >= 0.3 is 0 Å². The Hall–Kier alpha value is -3.04. The number of hydrogen-bond donors (Lipinski definition) is 1. The van der Waals surface area contributed by atoms with Crippen LogP contribution in [0.2, 0.25) is 0 Å². The van der Waals surface area contributed by atoms with Crippen LogP contribution in [-0.4, -0.2) is 25.7 Å². The van der Waals surface area contributed by atoms with Gasteiger partial charge in [-0.15, -0.1) is 0 Å². The molecule has 1 aromatic heterocycles. The molecule has 0 spiro atoms. The minimum atomic E-state index is -3.74. The zero-order valence-electron chi connectivity index (χ0n) is 15.6. The van der Waals surface area contributed by atoms with Crippen LogP contribution in [0.1, 0.15) is 21.9 Å². The molecule has 0 bridgehead atoms. The molecule has 9 heteroatoms. The summed E-state index contributed by atoms with van der Waals surface area (Å²) < 4.78 is 58.3. The second kappa shape index (κ2) is 8.14. The lowest BCUT2D eigenvalue weighted by Gasteiger charge is -2.16. The molecule has 3 rings (SSSR count). The number of aryl methyl sites for hydroxylation is 1. The highest BCUT2D eigenvalue weighted by Crippen LogP contribution is 2.20. The molecule has 0 aliphatic heterocycles. The Kier molecular flexibility index (Phi) is 5.81. The number of rotatable bonds is 6. The van der Waals surface area contributed by atoms with E-state index in [9.17, 15) is 22.0 Å². The Morgan fingerprint density at radius 3 is 2.41 bits per heavy atom. The van der Waals surface area contributed by atoms with E-state index in [0.717, 1.165) is 22.0 Å². The zero-order chi connectivity index (χ0) is 21.2. The number of carbonyl (C=O) groups is 1. The Morgan fingerprint density at radius 2 is 1.76 bits per heavy atom. The predicted octanol–water partition coefficient (Wildman–Crippen LogP) is 3.94. The molecule has 152 valence electrons. The molecule has 0 aliphatic carbocycles. The lowest BCUT2D eigenvalue weighted by molar-refractivity contribution is 0.0993. The van der Waals surface area contributed by atoms with Crippen molar-refractivity contribution in [3.05, 3.63) is 83.3 Å². The summed E-state index contributed by atoms with van der Waals surface area (Å²) in [6.07, 6.45) is 0. The zero-order valence-corrected chi connectivity index (χ0v) is 16.5. The monoisotopic (exact) mass is 420 g/mol. The molecule has 0 unspecified atom stereocenters. The van der Waals surface area contributed by atoms with Crippen molar-refractivity contribution in [1.82, 2.24) is 4.31 Å². The van der Waals surface area contributed by atoms with Crippen LogP contribution in [0.3, 0.4) is 0 Å². The van der Waals surface area contributed by atoms with E-state index < -0.39 is 27.6 Å². The van der Waals surface area contributed by atoms with Gasteiger partial charge in [-0.3, -0.25) is 4.79 Å². The predicted molar refractivity (Wildman–Crippen MR) is 103 cm³/mol. The van der Waals surface area contributed by atoms with Crippen molar-refractivity contribution >= 4 is 21.6 Å². The van der Waals surface area contributed by atoms with E-state index in [-0.39, 0.29) is 28.6 Å². The molecule has 2 aromatic carbocycles. The van der Waals surface area contributed by atoms with Gasteiger partial charge in [-0.25, -0.2) is 17.2 Å². The summed E-state index contributed by atoms with van der Waals surface area (Å²) in [4.78, 5) is 12.3. The minimum Gasteiger partial charge on any atom is -0.455 e. The number of nitrogens with one attached hydrogen (secondary N) is 1. The third-order valence-corrected chi connectivity index (χ3v) is 5.99. The standard InChI is InChI=1S/C20H18F2N2O4S/c1-13-3-7-16(8-4-13)29(26,27)24(2)12-15-6-10-19(28-15)20(25)23-18-9-5-14(21)11-17(18)22/h3-11H,12H2,1-2H3,(H,23,25). The number of hydrogen-bond acceptors (Lipinski definition) is 4. The number of anilines is 1. The molecular formula is C20H18F2N2O4S. The molecule has 1 amide bonds. The van der Waals surface area contributed by atoms with Crippen molar-refractivity contribution in [3.63, 3.8) is 0 Å². The summed E-state index contributed by atoms with van der Waals surface area (Å²) in [6, 6.07) is 12.0. The summed E-state index contributed by atoms with van der Waals surface area (Å²) in [6.45, 7) is 1.75. The first-order chi connectivity index (χ1) is 13.7. The van der Waals surface area contributed by atoms with E-state index in [4.69, 9.17) is 4.42 Å². The average molecular weight is 420 g/mol. The van der Waals surface area contributed by atoms with Gasteiger partial charge in [0.1, 0.15) is 17.4 Å². The molecule has 0 aliphatic rings. The average Bonchev–Trinajstić information content (AvgIpc) is 3.13. The van der Waals surface area contributed by atoms with Gasteiger partial charge in [0.05, 0.1) is 17.1 Å². The maximum atomic E-state index is 13.7. The number of sulfonamides is 1. The smallest absolute Gasteiger partial charge is 0.291 e. The van der Waals surface area contributed by atoms with E-state index in [1.807, 2.05) is 6.92 Å². The fraction of sp³-hybridized carbons (Fsp3) is 0.150. The molecule has 0 atom stereocenters. The molecule has 0 radical (unpaired) electrons. The number of benzene rings is 2. The van der Waals surface area contributed by atoms with Crippen LogP contribution in [0, 0.1) is 18.6 Å². The molecule has 1 heterocycles. The van der Waals surface area contributed by atoms with Gasteiger partial charge in [0.25, 0.3) is 5.91 Å². The van der Waals surface area contributed by atoms with Crippen LogP contribution in [0.5, 0.6) is 0 Å². The van der Waals surface area contributed by atoms with Gasteiger partial charge in [-0.2, -0.15) is 4.31 Å². The Bertz CT molecular complexity index is 1140. The van der Waals surface area contributed by atoms with Crippen LogP contribution < -0.4 is 5.32 Å². The first kappa shape index (κ1) is 20.7. The van der Waals surface area contributed by atoms with E-state index in [2.05, 4.69) is 5.32 Å². The number of nitrogens with zero attached hydrogens (tertiary/aromatic N) is 1. The third-order valence-electron chi connectivity index (χ3n) is 4.17. The van der Waals surface area contributed by atoms with Crippen LogP contribution in [-0.2, 0) is 16.6 Å². The van der Waals surface area contributed by atoms with Gasteiger partial charge in [-0.1, -0.05) is 17.7 Å². The first-order valence-corrected chi connectivity index (χ1v) is 9.99. The largest absolute Gasteiger partial charge is 0.455 e. The van der Waals surface area contributed by atoms with Crippen molar-refractivity contribution in [1.29, 1.82) is 0 Å². The van der Waals surface area contributed by atoms with Crippen LogP contribution in [0.15, 0.2) is 63.9 Å². The summed E-state index contributed by atoms with van der Waals surface area (Å²) in [5, 5.41) is 2.28. The highest BCUT2D eigenvalue weighted by molar-refractivity contribution is 7.89. The fourth-order valence-corrected chi connectivity index (χ4v) is 3.69. The van der Waals surface area contributed by atoms with Crippen LogP contribution >= 0.6 is 0 Å². The quantitative estimate of drug-likeness (QED) is 0.655. The number of carbonyl (C=O) groups excluding carboxylic acids is 1. The third kappa shape index (κ3) is 4.69. The summed E-state index contributed by atoms with van der Waals surface area (Å²) in [7, 11) is -2.34. The van der Waals surface area contributed by atoms with E-state index in [0.29, 0.717) is 6.07 Å². The lowest BCUT2D eigenvalue weighted by Crippen LogP contribution is -2.26. The number of furan rings is 1. The van der Waals surface area contributed by atoms with Crippen molar-refractivity contribution < 1.29 is 26.4 Å². The lowest BCUT2D eigenvalue weighted by atomic mass is 10.2. The SMILES string of the molecule is Cc1ccc(S(=O)(=O)N(C)Cc2ccc(C(=O)Nc3ccc(F)cc3F)o2)cc1. The van der Waals surface area contributed by atoms with Gasteiger partial charge in [-0.05, 0) is 43.3 Å². The maximum Gasteiger partial charge on any atom is 0.291 e.